The van der Waals surface area contributed by atoms with Crippen LogP contribution < -0.4 is 4.98 Å². The van der Waals surface area contributed by atoms with Gasteiger partial charge < -0.3 is 9.41 Å². The summed E-state index contributed by atoms with van der Waals surface area (Å²) in [6.45, 7) is 17.0. The lowest BCUT2D eigenvalue weighted by Crippen LogP contribution is -2.55. The largest absolute Gasteiger partial charge is 0.519 e. The predicted molar refractivity (Wildman–Crippen MR) is 79.2 cm³/mol. The van der Waals surface area contributed by atoms with Crippen LogP contribution in [0.25, 0.3) is 0 Å². The van der Waals surface area contributed by atoms with Crippen LogP contribution in [0.5, 0.6) is 0 Å². The molecule has 0 aromatic heterocycles. The first-order valence-electron chi connectivity index (χ1n) is 6.47. The first-order chi connectivity index (χ1) is 7.46. The molecule has 2 atom stereocenters. The van der Waals surface area contributed by atoms with Crippen molar-refractivity contribution in [3.05, 3.63) is 0 Å². The number of carbonyl (C=O) groups is 1. The van der Waals surface area contributed by atoms with E-state index in [1.807, 2.05) is 19.6 Å². The zero-order chi connectivity index (χ0) is 13.9. The smallest absolute Gasteiger partial charge is 0.309 e. The zero-order valence-corrected chi connectivity index (χ0v) is 14.7. The Bertz CT molecular complexity index is 256. The Hall–Kier alpha value is -0.136. The van der Waals surface area contributed by atoms with Gasteiger partial charge in [0.2, 0.25) is 8.32 Å². The molecule has 0 spiro atoms. The molecule has 0 aliphatic heterocycles. The molecule has 0 rings (SSSR count). The third-order valence-corrected chi connectivity index (χ3v) is 4.45. The fourth-order valence-corrected chi connectivity index (χ4v) is 3.57. The topological polar surface area (TPSA) is 38.3 Å². The Labute approximate surface area is 109 Å². The summed E-state index contributed by atoms with van der Waals surface area (Å²) in [5.41, 5.74) is 0. The van der Waals surface area contributed by atoms with E-state index < -0.39 is 16.6 Å². The fourth-order valence-electron chi connectivity index (χ4n) is 1.50. The lowest BCUT2D eigenvalue weighted by molar-refractivity contribution is -0.138. The average molecular weight is 276 g/mol. The van der Waals surface area contributed by atoms with Crippen LogP contribution in [0.4, 0.5) is 0 Å². The van der Waals surface area contributed by atoms with Crippen molar-refractivity contribution in [1.82, 2.24) is 4.98 Å². The highest BCUT2D eigenvalue weighted by Gasteiger charge is 2.32. The van der Waals surface area contributed by atoms with E-state index >= 15 is 0 Å². The molecule has 102 valence electrons. The van der Waals surface area contributed by atoms with Gasteiger partial charge in [0.25, 0.3) is 0 Å². The number of hydrogen-bond donors (Lipinski definition) is 1. The van der Waals surface area contributed by atoms with Crippen molar-refractivity contribution in [2.75, 3.05) is 0 Å². The molecule has 0 bridgehead atoms. The second kappa shape index (κ2) is 6.15. The Morgan fingerprint density at radius 2 is 1.65 bits per heavy atom. The van der Waals surface area contributed by atoms with E-state index in [2.05, 4.69) is 38.5 Å². The summed E-state index contributed by atoms with van der Waals surface area (Å²) in [6, 6.07) is -0.140. The van der Waals surface area contributed by atoms with E-state index in [1.54, 1.807) is 0 Å². The van der Waals surface area contributed by atoms with Gasteiger partial charge in [-0.2, -0.15) is 0 Å². The van der Waals surface area contributed by atoms with Crippen LogP contribution in [0.15, 0.2) is 0 Å². The van der Waals surface area contributed by atoms with Crippen molar-refractivity contribution >= 4 is 22.5 Å². The number of carbonyl (C=O) groups excluding carboxylic acids is 1. The first-order valence-corrected chi connectivity index (χ1v) is 13.4. The van der Waals surface area contributed by atoms with E-state index in [-0.39, 0.29) is 12.0 Å². The minimum atomic E-state index is -1.79. The second-order valence-electron chi connectivity index (χ2n) is 6.79. The van der Waals surface area contributed by atoms with Crippen LogP contribution >= 0.6 is 0 Å². The Morgan fingerprint density at radius 3 is 1.94 bits per heavy atom. The maximum atomic E-state index is 12.2. The molecule has 0 amide bonds. The standard InChI is InChI=1S/C12H29NO2Si2/c1-9-10(2)11(13-16(3,4)5)12(14)15-17(6,7)8/h10-11,13H,9H2,1-8H3/t10?,11-/m0/s1. The third-order valence-electron chi connectivity index (χ3n) is 2.46. The summed E-state index contributed by atoms with van der Waals surface area (Å²) < 4.78 is 5.63. The molecule has 1 N–H and O–H groups in total. The quantitative estimate of drug-likeness (QED) is 0.757. The molecule has 17 heavy (non-hydrogen) atoms. The molecule has 0 aromatic carbocycles. The van der Waals surface area contributed by atoms with E-state index in [9.17, 15) is 4.79 Å². The van der Waals surface area contributed by atoms with Crippen LogP contribution in [0, 0.1) is 5.92 Å². The van der Waals surface area contributed by atoms with E-state index in [1.165, 1.54) is 0 Å². The van der Waals surface area contributed by atoms with Crippen molar-refractivity contribution in [2.24, 2.45) is 5.92 Å². The summed E-state index contributed by atoms with van der Waals surface area (Å²) >= 11 is 0. The lowest BCUT2D eigenvalue weighted by Gasteiger charge is -2.31. The number of rotatable bonds is 6. The Balaban J connectivity index is 4.75. The van der Waals surface area contributed by atoms with Gasteiger partial charge in [0.15, 0.2) is 0 Å². The third kappa shape index (κ3) is 7.73. The zero-order valence-electron chi connectivity index (χ0n) is 12.7. The van der Waals surface area contributed by atoms with Gasteiger partial charge >= 0.3 is 5.97 Å². The highest BCUT2D eigenvalue weighted by atomic mass is 28.4. The summed E-state index contributed by atoms with van der Waals surface area (Å²) in [5.74, 6) is 0.270. The molecule has 0 aromatic rings. The SMILES string of the molecule is CCC(C)[C@H](N[Si](C)(C)C)C(=O)O[Si](C)(C)C. The molecular weight excluding hydrogens is 246 g/mol. The molecule has 0 aliphatic carbocycles. The van der Waals surface area contributed by atoms with Crippen molar-refractivity contribution in [2.45, 2.75) is 65.6 Å². The molecule has 0 saturated carbocycles. The summed E-state index contributed by atoms with van der Waals surface area (Å²) in [6.07, 6.45) is 0.989. The van der Waals surface area contributed by atoms with Crippen LogP contribution in [0.3, 0.4) is 0 Å². The number of nitrogens with one attached hydrogen (secondary N) is 1. The summed E-state index contributed by atoms with van der Waals surface area (Å²) in [5, 5.41) is 0. The first kappa shape index (κ1) is 16.9. The van der Waals surface area contributed by atoms with Gasteiger partial charge in [-0.05, 0) is 25.6 Å². The molecule has 0 aliphatic rings. The highest BCUT2D eigenvalue weighted by molar-refractivity contribution is 6.74. The average Bonchev–Trinajstić information content (AvgIpc) is 2.08. The van der Waals surface area contributed by atoms with Crippen LogP contribution in [0.1, 0.15) is 20.3 Å². The van der Waals surface area contributed by atoms with Gasteiger partial charge in [0.05, 0.1) is 0 Å². The Kier molecular flexibility index (Phi) is 6.11. The fraction of sp³-hybridized carbons (Fsp3) is 0.917. The van der Waals surface area contributed by atoms with Gasteiger partial charge in [-0.25, -0.2) is 0 Å². The van der Waals surface area contributed by atoms with Crippen molar-refractivity contribution in [3.8, 4) is 0 Å². The summed E-state index contributed by atoms with van der Waals surface area (Å²) in [7, 11) is -3.26. The normalized spacial score (nSPS) is 16.5. The minimum absolute atomic E-state index is 0.0547. The summed E-state index contributed by atoms with van der Waals surface area (Å²) in [4.78, 5) is 15.7. The molecular formula is C12H29NO2Si2. The van der Waals surface area contributed by atoms with Crippen LogP contribution in [-0.2, 0) is 9.22 Å². The van der Waals surface area contributed by atoms with Crippen LogP contribution in [-0.4, -0.2) is 28.6 Å². The second-order valence-corrected chi connectivity index (χ2v) is 16.0. The molecule has 0 heterocycles. The number of hydrogen-bond acceptors (Lipinski definition) is 3. The molecule has 1 unspecified atom stereocenters. The van der Waals surface area contributed by atoms with Crippen molar-refractivity contribution < 1.29 is 9.22 Å². The van der Waals surface area contributed by atoms with Crippen LogP contribution in [0.2, 0.25) is 39.3 Å². The lowest BCUT2D eigenvalue weighted by atomic mass is 10.0. The monoisotopic (exact) mass is 275 g/mol. The molecule has 0 fully saturated rings. The van der Waals surface area contributed by atoms with Crippen molar-refractivity contribution in [1.29, 1.82) is 0 Å². The molecule has 0 saturated heterocycles. The Morgan fingerprint density at radius 1 is 1.18 bits per heavy atom. The minimum Gasteiger partial charge on any atom is -0.519 e. The van der Waals surface area contributed by atoms with E-state index in [0.29, 0.717) is 5.92 Å². The maximum absolute atomic E-state index is 12.2. The van der Waals surface area contributed by atoms with E-state index in [0.717, 1.165) is 6.42 Å². The van der Waals surface area contributed by atoms with Gasteiger partial charge in [-0.15, -0.1) is 0 Å². The van der Waals surface area contributed by atoms with Gasteiger partial charge in [0.1, 0.15) is 14.3 Å². The highest BCUT2D eigenvalue weighted by Crippen LogP contribution is 2.15. The van der Waals surface area contributed by atoms with Gasteiger partial charge in [-0.3, -0.25) is 4.79 Å². The van der Waals surface area contributed by atoms with Gasteiger partial charge in [-0.1, -0.05) is 39.9 Å². The molecule has 0 radical (unpaired) electrons. The van der Waals surface area contributed by atoms with E-state index in [4.69, 9.17) is 4.43 Å². The predicted octanol–water partition coefficient (Wildman–Crippen LogP) is 3.20. The maximum Gasteiger partial charge on any atom is 0.309 e. The van der Waals surface area contributed by atoms with Crippen molar-refractivity contribution in [3.63, 3.8) is 0 Å². The van der Waals surface area contributed by atoms with Gasteiger partial charge in [0, 0.05) is 0 Å². The molecule has 5 heteroatoms. The molecule has 3 nitrogen and oxygen atoms in total.